The van der Waals surface area contributed by atoms with Gasteiger partial charge in [0, 0.05) is 30.7 Å². The number of hydrogen-bond donors (Lipinski definition) is 2. The summed E-state index contributed by atoms with van der Waals surface area (Å²) in [6.45, 7) is 5.39. The number of aromatic nitrogens is 5. The Morgan fingerprint density at radius 1 is 1.38 bits per heavy atom. The minimum absolute atomic E-state index is 0.0195. The van der Waals surface area contributed by atoms with Crippen LogP contribution < -0.4 is 10.2 Å². The van der Waals surface area contributed by atoms with Gasteiger partial charge in [-0.25, -0.2) is 9.97 Å². The van der Waals surface area contributed by atoms with Gasteiger partial charge < -0.3 is 15.2 Å². The second-order valence-electron chi connectivity index (χ2n) is 6.43. The molecule has 1 aliphatic rings. The molecular weight excluding hydrogens is 306 g/mol. The molecule has 24 heavy (non-hydrogen) atoms. The second-order valence-corrected chi connectivity index (χ2v) is 6.43. The van der Waals surface area contributed by atoms with Gasteiger partial charge in [0.25, 0.3) is 0 Å². The van der Waals surface area contributed by atoms with Gasteiger partial charge in [0.05, 0.1) is 11.3 Å². The Balaban J connectivity index is 1.70. The predicted octanol–water partition coefficient (Wildman–Crippen LogP) is 1.25. The van der Waals surface area contributed by atoms with E-state index in [-0.39, 0.29) is 17.9 Å². The fourth-order valence-corrected chi connectivity index (χ4v) is 3.24. The average molecular weight is 325 g/mol. The maximum atomic E-state index is 12.3. The van der Waals surface area contributed by atoms with E-state index in [1.165, 1.54) is 6.33 Å². The van der Waals surface area contributed by atoms with E-state index in [1.807, 2.05) is 26.1 Å². The molecule has 0 radical (unpaired) electrons. The highest BCUT2D eigenvalue weighted by Crippen LogP contribution is 2.31. The predicted molar refractivity (Wildman–Crippen MR) is 90.6 cm³/mol. The number of rotatable bonds is 3. The van der Waals surface area contributed by atoms with Gasteiger partial charge >= 0.3 is 0 Å². The first-order chi connectivity index (χ1) is 11.6. The highest BCUT2D eigenvalue weighted by atomic mass is 16.2. The van der Waals surface area contributed by atoms with Crippen molar-refractivity contribution in [2.45, 2.75) is 26.3 Å². The Morgan fingerprint density at radius 2 is 2.25 bits per heavy atom. The molecule has 4 heterocycles. The molecule has 3 aromatic heterocycles. The summed E-state index contributed by atoms with van der Waals surface area (Å²) in [6.07, 6.45) is 4.16. The quantitative estimate of drug-likeness (QED) is 0.752. The number of nitrogens with one attached hydrogen (secondary N) is 2. The SMILES string of the molecule is CC(C)NC(=O)C1CCN(c2ncnc3nnc4[nH]ccc4c23)C1. The van der Waals surface area contributed by atoms with Crippen molar-refractivity contribution in [2.24, 2.45) is 5.92 Å². The summed E-state index contributed by atoms with van der Waals surface area (Å²) in [7, 11) is 0. The van der Waals surface area contributed by atoms with Crippen LogP contribution in [0.1, 0.15) is 20.3 Å². The van der Waals surface area contributed by atoms with Crippen LogP contribution in [0.15, 0.2) is 18.6 Å². The maximum Gasteiger partial charge on any atom is 0.225 e. The maximum absolute atomic E-state index is 12.3. The minimum Gasteiger partial charge on any atom is -0.355 e. The third-order valence-electron chi connectivity index (χ3n) is 4.34. The molecule has 0 spiro atoms. The Kier molecular flexibility index (Phi) is 3.51. The molecule has 8 nitrogen and oxygen atoms in total. The van der Waals surface area contributed by atoms with E-state index >= 15 is 0 Å². The van der Waals surface area contributed by atoms with Gasteiger partial charge in [-0.15, -0.1) is 10.2 Å². The van der Waals surface area contributed by atoms with Crippen LogP contribution in [0.5, 0.6) is 0 Å². The van der Waals surface area contributed by atoms with Gasteiger partial charge in [-0.3, -0.25) is 4.79 Å². The molecule has 0 bridgehead atoms. The van der Waals surface area contributed by atoms with Crippen LogP contribution in [-0.4, -0.2) is 50.2 Å². The van der Waals surface area contributed by atoms with Crippen LogP contribution in [-0.2, 0) is 4.79 Å². The van der Waals surface area contributed by atoms with Crippen molar-refractivity contribution < 1.29 is 4.79 Å². The largest absolute Gasteiger partial charge is 0.355 e. The summed E-state index contributed by atoms with van der Waals surface area (Å²) in [4.78, 5) is 26.2. The number of carbonyl (C=O) groups is 1. The highest BCUT2D eigenvalue weighted by Gasteiger charge is 2.30. The molecule has 1 fully saturated rings. The van der Waals surface area contributed by atoms with Gasteiger partial charge in [0.1, 0.15) is 12.1 Å². The topological polar surface area (TPSA) is 99.7 Å². The van der Waals surface area contributed by atoms with E-state index in [0.717, 1.165) is 29.6 Å². The monoisotopic (exact) mass is 325 g/mol. The number of carbonyl (C=O) groups excluding carboxylic acids is 1. The third-order valence-corrected chi connectivity index (χ3v) is 4.34. The van der Waals surface area contributed by atoms with E-state index in [0.29, 0.717) is 17.8 Å². The van der Waals surface area contributed by atoms with Crippen LogP contribution in [0.3, 0.4) is 0 Å². The first kappa shape index (κ1) is 14.8. The molecular formula is C16H19N7O. The molecule has 3 aromatic rings. The zero-order chi connectivity index (χ0) is 16.7. The van der Waals surface area contributed by atoms with E-state index in [1.54, 1.807) is 0 Å². The molecule has 1 unspecified atom stereocenters. The molecule has 1 aliphatic heterocycles. The van der Waals surface area contributed by atoms with Crippen molar-refractivity contribution in [3.05, 3.63) is 18.6 Å². The lowest BCUT2D eigenvalue weighted by molar-refractivity contribution is -0.124. The summed E-state index contributed by atoms with van der Waals surface area (Å²) < 4.78 is 0. The first-order valence-electron chi connectivity index (χ1n) is 8.13. The molecule has 124 valence electrons. The van der Waals surface area contributed by atoms with Crippen LogP contribution in [0.25, 0.3) is 22.1 Å². The normalized spacial score (nSPS) is 18.0. The Bertz CT molecular complexity index is 904. The average Bonchev–Trinajstić information content (AvgIpc) is 3.22. The van der Waals surface area contributed by atoms with Gasteiger partial charge in [-0.05, 0) is 26.3 Å². The molecule has 0 aromatic carbocycles. The van der Waals surface area contributed by atoms with Crippen molar-refractivity contribution in [2.75, 3.05) is 18.0 Å². The first-order valence-corrected chi connectivity index (χ1v) is 8.13. The van der Waals surface area contributed by atoms with E-state index in [9.17, 15) is 4.79 Å². The lowest BCUT2D eigenvalue weighted by Crippen LogP contribution is -2.37. The van der Waals surface area contributed by atoms with Crippen molar-refractivity contribution in [1.82, 2.24) is 30.5 Å². The van der Waals surface area contributed by atoms with Gasteiger partial charge in [-0.2, -0.15) is 0 Å². The molecule has 0 saturated carbocycles. The van der Waals surface area contributed by atoms with Gasteiger partial charge in [0.15, 0.2) is 11.3 Å². The smallest absolute Gasteiger partial charge is 0.225 e. The van der Waals surface area contributed by atoms with Crippen LogP contribution >= 0.6 is 0 Å². The number of amides is 1. The third kappa shape index (κ3) is 2.44. The molecule has 1 atom stereocenters. The van der Waals surface area contributed by atoms with Crippen molar-refractivity contribution in [3.8, 4) is 0 Å². The minimum atomic E-state index is -0.0195. The Hall–Kier alpha value is -2.77. The fraction of sp³-hybridized carbons (Fsp3) is 0.438. The summed E-state index contributed by atoms with van der Waals surface area (Å²) in [5.41, 5.74) is 1.29. The molecule has 8 heteroatoms. The van der Waals surface area contributed by atoms with Crippen molar-refractivity contribution in [1.29, 1.82) is 0 Å². The van der Waals surface area contributed by atoms with E-state index < -0.39 is 0 Å². The van der Waals surface area contributed by atoms with Gasteiger partial charge in [0.2, 0.25) is 5.91 Å². The molecule has 2 N–H and O–H groups in total. The van der Waals surface area contributed by atoms with E-state index in [4.69, 9.17) is 0 Å². The number of hydrogen-bond acceptors (Lipinski definition) is 6. The summed E-state index contributed by atoms with van der Waals surface area (Å²) in [5, 5.41) is 13.1. The zero-order valence-electron chi connectivity index (χ0n) is 13.7. The van der Waals surface area contributed by atoms with Crippen LogP contribution in [0.4, 0.5) is 5.82 Å². The van der Waals surface area contributed by atoms with Crippen LogP contribution in [0, 0.1) is 5.92 Å². The van der Waals surface area contributed by atoms with Gasteiger partial charge in [-0.1, -0.05) is 0 Å². The second kappa shape index (κ2) is 5.70. The van der Waals surface area contributed by atoms with E-state index in [2.05, 4.69) is 35.4 Å². The highest BCUT2D eigenvalue weighted by molar-refractivity contribution is 6.07. The lowest BCUT2D eigenvalue weighted by Gasteiger charge is -2.19. The summed E-state index contributed by atoms with van der Waals surface area (Å²) in [6, 6.07) is 2.11. The standard InChI is InChI=1S/C16H19N7O/c1-9(2)20-16(24)10-4-6-23(7-10)15-12-11-3-5-17-13(11)21-22-14(12)18-8-19-15/h3,5,8-10H,4,6-7H2,1-2H3,(H,17,21)(H,20,24). The number of H-pyrrole nitrogens is 1. The fourth-order valence-electron chi connectivity index (χ4n) is 3.24. The Labute approximate surface area is 138 Å². The van der Waals surface area contributed by atoms with Crippen LogP contribution in [0.2, 0.25) is 0 Å². The summed E-state index contributed by atoms with van der Waals surface area (Å²) in [5.74, 6) is 0.908. The molecule has 1 saturated heterocycles. The molecule has 0 aliphatic carbocycles. The van der Waals surface area contributed by atoms with Crippen molar-refractivity contribution in [3.63, 3.8) is 0 Å². The molecule has 1 amide bonds. The lowest BCUT2D eigenvalue weighted by atomic mass is 10.1. The Morgan fingerprint density at radius 3 is 3.08 bits per heavy atom. The number of anilines is 1. The molecule has 4 rings (SSSR count). The number of aromatic amines is 1. The number of fused-ring (bicyclic) bond motifs is 3. The zero-order valence-corrected chi connectivity index (χ0v) is 13.7. The van der Waals surface area contributed by atoms with Crippen molar-refractivity contribution >= 4 is 33.8 Å². The number of nitrogens with zero attached hydrogens (tertiary/aromatic N) is 5. The summed E-state index contributed by atoms with van der Waals surface area (Å²) >= 11 is 0.